The molecule has 0 aliphatic rings. The summed E-state index contributed by atoms with van der Waals surface area (Å²) in [6.07, 6.45) is 0.982. The Morgan fingerprint density at radius 2 is 1.62 bits per heavy atom. The number of aromatic nitrogens is 1. The number of benzene rings is 2. The molecule has 0 aliphatic heterocycles. The van der Waals surface area contributed by atoms with Crippen LogP contribution in [0.5, 0.6) is 11.5 Å². The van der Waals surface area contributed by atoms with E-state index in [4.69, 9.17) is 14.2 Å². The van der Waals surface area contributed by atoms with Crippen molar-refractivity contribution in [3.8, 4) is 11.5 Å². The molecule has 0 spiro atoms. The van der Waals surface area contributed by atoms with Crippen LogP contribution in [0.4, 0.5) is 4.79 Å². The fraction of sp³-hybridized carbons (Fsp3) is 0.346. The van der Waals surface area contributed by atoms with Gasteiger partial charge in [0.1, 0.15) is 5.60 Å². The second-order valence-electron chi connectivity index (χ2n) is 8.87. The monoisotopic (exact) mass is 465 g/mol. The Labute approximate surface area is 199 Å². The maximum atomic E-state index is 13.4. The molecule has 3 rings (SSSR count). The van der Waals surface area contributed by atoms with Crippen molar-refractivity contribution >= 4 is 22.8 Å². The molecule has 0 atom stereocenters. The second-order valence-corrected chi connectivity index (χ2v) is 8.87. The molecule has 0 aliphatic carbocycles. The number of ether oxygens (including phenoxy) is 3. The lowest BCUT2D eigenvalue weighted by Gasteiger charge is -2.21. The molecule has 8 heteroatoms. The van der Waals surface area contributed by atoms with Crippen LogP contribution < -0.4 is 14.8 Å². The molecule has 1 N–H and O–H groups in total. The maximum Gasteiger partial charge on any atom is 0.407 e. The molecule has 3 aromatic rings. The van der Waals surface area contributed by atoms with E-state index in [9.17, 15) is 9.59 Å². The van der Waals surface area contributed by atoms with E-state index in [1.165, 1.54) is 6.20 Å². The molecular formula is C26H31N3O5. The van der Waals surface area contributed by atoms with Crippen molar-refractivity contribution in [2.75, 3.05) is 21.3 Å². The van der Waals surface area contributed by atoms with Crippen LogP contribution in [0.15, 0.2) is 48.7 Å². The van der Waals surface area contributed by atoms with Gasteiger partial charge in [0.05, 0.1) is 32.0 Å². The number of fused-ring (bicyclic) bond motifs is 1. The first-order valence-electron chi connectivity index (χ1n) is 10.9. The van der Waals surface area contributed by atoms with Crippen LogP contribution in [0.1, 0.15) is 42.4 Å². The summed E-state index contributed by atoms with van der Waals surface area (Å²) in [5.41, 5.74) is 1.41. The summed E-state index contributed by atoms with van der Waals surface area (Å²) >= 11 is 0. The van der Waals surface area contributed by atoms with E-state index in [1.807, 2.05) is 30.3 Å². The van der Waals surface area contributed by atoms with E-state index in [-0.39, 0.29) is 12.5 Å². The number of nitrogens with one attached hydrogen (secondary N) is 1. The van der Waals surface area contributed by atoms with Gasteiger partial charge >= 0.3 is 6.09 Å². The molecule has 1 heterocycles. The van der Waals surface area contributed by atoms with Gasteiger partial charge in [-0.15, -0.1) is 0 Å². The Kier molecular flexibility index (Phi) is 7.61. The zero-order valence-electron chi connectivity index (χ0n) is 20.5. The summed E-state index contributed by atoms with van der Waals surface area (Å²) in [7, 11) is 4.83. The van der Waals surface area contributed by atoms with E-state index >= 15 is 0 Å². The number of alkyl carbamates (subject to hydrolysis) is 1. The minimum absolute atomic E-state index is 0.120. The minimum Gasteiger partial charge on any atom is -0.493 e. The summed E-state index contributed by atoms with van der Waals surface area (Å²) in [4.78, 5) is 31.7. The lowest BCUT2D eigenvalue weighted by Crippen LogP contribution is -2.32. The quantitative estimate of drug-likeness (QED) is 0.551. The summed E-state index contributed by atoms with van der Waals surface area (Å²) < 4.78 is 16.2. The summed E-state index contributed by atoms with van der Waals surface area (Å²) in [6.45, 7) is 5.96. The molecule has 2 amide bonds. The number of hydrogen-bond donors (Lipinski definition) is 1. The Balaban J connectivity index is 1.98. The standard InChI is InChI=1S/C26H31N3O5/c1-26(2,3)34-25(31)28-15-21-19-13-23(33-6)22(32-5)12-18(19)20(14-27-21)24(30)29(4)16-17-10-8-7-9-11-17/h7-14H,15-16H2,1-6H3,(H,28,31). The number of methoxy groups -OCH3 is 2. The van der Waals surface area contributed by atoms with E-state index in [0.717, 1.165) is 5.56 Å². The first-order valence-corrected chi connectivity index (χ1v) is 10.9. The van der Waals surface area contributed by atoms with Gasteiger partial charge in [-0.3, -0.25) is 9.78 Å². The SMILES string of the molecule is COc1cc2c(C(=O)N(C)Cc3ccccc3)cnc(CNC(=O)OC(C)(C)C)c2cc1OC. The number of pyridine rings is 1. The van der Waals surface area contributed by atoms with Crippen LogP contribution >= 0.6 is 0 Å². The van der Waals surface area contributed by atoms with Crippen LogP contribution in [-0.4, -0.2) is 48.8 Å². The van der Waals surface area contributed by atoms with E-state index in [1.54, 1.807) is 59.1 Å². The van der Waals surface area contributed by atoms with Crippen molar-refractivity contribution in [2.45, 2.75) is 39.5 Å². The molecule has 0 fully saturated rings. The van der Waals surface area contributed by atoms with Gasteiger partial charge in [0.2, 0.25) is 0 Å². The van der Waals surface area contributed by atoms with Gasteiger partial charge in [-0.2, -0.15) is 0 Å². The summed E-state index contributed by atoms with van der Waals surface area (Å²) in [6, 6.07) is 13.3. The summed E-state index contributed by atoms with van der Waals surface area (Å²) in [5, 5.41) is 4.05. The number of amides is 2. The predicted octanol–water partition coefficient (Wildman–Crippen LogP) is 4.55. The third-order valence-electron chi connectivity index (χ3n) is 5.11. The van der Waals surface area contributed by atoms with E-state index in [0.29, 0.717) is 40.1 Å². The number of rotatable bonds is 7. The highest BCUT2D eigenvalue weighted by molar-refractivity contribution is 6.08. The van der Waals surface area contributed by atoms with Gasteiger partial charge in [-0.05, 0) is 38.5 Å². The number of carbonyl (C=O) groups excluding carboxylic acids is 2. The van der Waals surface area contributed by atoms with E-state index < -0.39 is 11.7 Å². The smallest absolute Gasteiger partial charge is 0.407 e. The molecule has 0 saturated carbocycles. The highest BCUT2D eigenvalue weighted by Crippen LogP contribution is 2.35. The molecule has 0 saturated heterocycles. The third-order valence-corrected chi connectivity index (χ3v) is 5.11. The van der Waals surface area contributed by atoms with Crippen LogP contribution in [0.2, 0.25) is 0 Å². The molecule has 0 unspecified atom stereocenters. The van der Waals surface area contributed by atoms with Crippen molar-refractivity contribution in [2.24, 2.45) is 0 Å². The maximum absolute atomic E-state index is 13.4. The summed E-state index contributed by atoms with van der Waals surface area (Å²) in [5.74, 6) is 0.810. The first-order chi connectivity index (χ1) is 16.1. The number of hydrogen-bond acceptors (Lipinski definition) is 6. The van der Waals surface area contributed by atoms with Crippen molar-refractivity contribution in [3.05, 3.63) is 65.5 Å². The number of nitrogens with zero attached hydrogens (tertiary/aromatic N) is 2. The first kappa shape index (κ1) is 24.8. The highest BCUT2D eigenvalue weighted by Gasteiger charge is 2.21. The lowest BCUT2D eigenvalue weighted by atomic mass is 10.0. The highest BCUT2D eigenvalue weighted by atomic mass is 16.6. The Bertz CT molecular complexity index is 1170. The zero-order valence-corrected chi connectivity index (χ0v) is 20.5. The van der Waals surface area contributed by atoms with Crippen molar-refractivity contribution in [1.82, 2.24) is 15.2 Å². The van der Waals surface area contributed by atoms with Crippen molar-refractivity contribution < 1.29 is 23.8 Å². The Hall–Kier alpha value is -3.81. The normalized spacial score (nSPS) is 11.1. The van der Waals surface area contributed by atoms with Gasteiger partial charge < -0.3 is 24.4 Å². The minimum atomic E-state index is -0.615. The van der Waals surface area contributed by atoms with Gasteiger partial charge in [-0.25, -0.2) is 4.79 Å². The second kappa shape index (κ2) is 10.4. The zero-order chi connectivity index (χ0) is 24.9. The molecule has 34 heavy (non-hydrogen) atoms. The molecule has 180 valence electrons. The van der Waals surface area contributed by atoms with Crippen molar-refractivity contribution in [3.63, 3.8) is 0 Å². The topological polar surface area (TPSA) is 90.0 Å². The Morgan fingerprint density at radius 3 is 2.21 bits per heavy atom. The fourth-order valence-corrected chi connectivity index (χ4v) is 3.54. The average molecular weight is 466 g/mol. The lowest BCUT2D eigenvalue weighted by molar-refractivity contribution is 0.0522. The average Bonchev–Trinajstić information content (AvgIpc) is 2.80. The third kappa shape index (κ3) is 5.95. The van der Waals surface area contributed by atoms with Gasteiger partial charge in [0.25, 0.3) is 5.91 Å². The predicted molar refractivity (Wildman–Crippen MR) is 130 cm³/mol. The molecule has 8 nitrogen and oxygen atoms in total. The fourth-order valence-electron chi connectivity index (χ4n) is 3.54. The molecular weight excluding hydrogens is 434 g/mol. The number of carbonyl (C=O) groups is 2. The largest absolute Gasteiger partial charge is 0.493 e. The van der Waals surface area contributed by atoms with Crippen LogP contribution in [0.25, 0.3) is 10.8 Å². The van der Waals surface area contributed by atoms with Crippen LogP contribution in [-0.2, 0) is 17.8 Å². The van der Waals surface area contributed by atoms with Gasteiger partial charge in [0.15, 0.2) is 11.5 Å². The van der Waals surface area contributed by atoms with Crippen molar-refractivity contribution in [1.29, 1.82) is 0 Å². The van der Waals surface area contributed by atoms with E-state index in [2.05, 4.69) is 10.3 Å². The molecule has 0 bridgehead atoms. The molecule has 0 radical (unpaired) electrons. The molecule has 1 aromatic heterocycles. The Morgan fingerprint density at radius 1 is 1.00 bits per heavy atom. The van der Waals surface area contributed by atoms with Crippen LogP contribution in [0, 0.1) is 0 Å². The van der Waals surface area contributed by atoms with Gasteiger partial charge in [-0.1, -0.05) is 30.3 Å². The van der Waals surface area contributed by atoms with Gasteiger partial charge in [0, 0.05) is 30.6 Å². The van der Waals surface area contributed by atoms with Crippen LogP contribution in [0.3, 0.4) is 0 Å². The molecule has 2 aromatic carbocycles.